The number of amides is 1. The van der Waals surface area contributed by atoms with E-state index in [4.69, 9.17) is 0 Å². The van der Waals surface area contributed by atoms with Crippen LogP contribution in [0.4, 0.5) is 5.69 Å². The first-order chi connectivity index (χ1) is 11.1. The van der Waals surface area contributed by atoms with E-state index in [1.54, 1.807) is 30.5 Å². The average molecular weight is 310 g/mol. The van der Waals surface area contributed by atoms with Gasteiger partial charge >= 0.3 is 5.97 Å². The molecule has 0 saturated heterocycles. The molecule has 0 radical (unpaired) electrons. The van der Waals surface area contributed by atoms with Gasteiger partial charge in [-0.2, -0.15) is 5.10 Å². The number of aromatic amines is 1. The summed E-state index contributed by atoms with van der Waals surface area (Å²) >= 11 is 0. The van der Waals surface area contributed by atoms with Crippen molar-refractivity contribution in [1.82, 2.24) is 15.2 Å². The van der Waals surface area contributed by atoms with Crippen molar-refractivity contribution in [3.05, 3.63) is 53.3 Å². The van der Waals surface area contributed by atoms with E-state index in [2.05, 4.69) is 25.2 Å². The molecule has 0 atom stereocenters. The van der Waals surface area contributed by atoms with Crippen LogP contribution in [0.15, 0.2) is 36.5 Å². The molecule has 0 unspecified atom stereocenters. The zero-order chi connectivity index (χ0) is 16.4. The van der Waals surface area contributed by atoms with E-state index >= 15 is 0 Å². The van der Waals surface area contributed by atoms with E-state index in [9.17, 15) is 9.59 Å². The van der Waals surface area contributed by atoms with E-state index in [0.717, 1.165) is 11.1 Å². The predicted octanol–water partition coefficient (Wildman–Crippen LogP) is 2.31. The highest BCUT2D eigenvalue weighted by molar-refractivity contribution is 6.05. The van der Waals surface area contributed by atoms with E-state index in [0.29, 0.717) is 22.5 Å². The highest BCUT2D eigenvalue weighted by atomic mass is 16.5. The number of pyridine rings is 1. The molecule has 0 bridgehead atoms. The van der Waals surface area contributed by atoms with Crippen molar-refractivity contribution >= 4 is 28.6 Å². The third-order valence-corrected chi connectivity index (χ3v) is 3.43. The Morgan fingerprint density at radius 1 is 1.17 bits per heavy atom. The largest absolute Gasteiger partial charge is 0.465 e. The van der Waals surface area contributed by atoms with Gasteiger partial charge in [0.2, 0.25) is 0 Å². The highest BCUT2D eigenvalue weighted by Crippen LogP contribution is 2.18. The minimum Gasteiger partial charge on any atom is -0.465 e. The number of carbonyl (C=O) groups excluding carboxylic acids is 2. The third kappa shape index (κ3) is 2.89. The van der Waals surface area contributed by atoms with Gasteiger partial charge in [-0.3, -0.25) is 9.89 Å². The fourth-order valence-electron chi connectivity index (χ4n) is 2.17. The van der Waals surface area contributed by atoms with Crippen molar-refractivity contribution < 1.29 is 14.3 Å². The lowest BCUT2D eigenvalue weighted by Gasteiger charge is -2.06. The Bertz CT molecular complexity index is 884. The lowest BCUT2D eigenvalue weighted by molar-refractivity contribution is 0.0600. The Balaban J connectivity index is 1.79. The van der Waals surface area contributed by atoms with Gasteiger partial charge in [0.1, 0.15) is 0 Å². The number of esters is 1. The maximum absolute atomic E-state index is 12.2. The molecule has 7 heteroatoms. The highest BCUT2D eigenvalue weighted by Gasteiger charge is 2.10. The second-order valence-corrected chi connectivity index (χ2v) is 4.97. The topological polar surface area (TPSA) is 97.0 Å². The van der Waals surface area contributed by atoms with Crippen LogP contribution in [-0.2, 0) is 4.74 Å². The van der Waals surface area contributed by atoms with Gasteiger partial charge in [0.15, 0.2) is 5.65 Å². The van der Waals surface area contributed by atoms with Crippen LogP contribution in [0.1, 0.15) is 26.4 Å². The number of nitrogens with one attached hydrogen (secondary N) is 2. The van der Waals surface area contributed by atoms with Crippen LogP contribution in [0.3, 0.4) is 0 Å². The van der Waals surface area contributed by atoms with Crippen molar-refractivity contribution in [2.24, 2.45) is 0 Å². The number of fused-ring (bicyclic) bond motifs is 1. The maximum Gasteiger partial charge on any atom is 0.337 e. The van der Waals surface area contributed by atoms with E-state index in [-0.39, 0.29) is 5.91 Å². The summed E-state index contributed by atoms with van der Waals surface area (Å²) in [6, 6.07) is 8.03. The molecule has 2 heterocycles. The molecule has 0 aliphatic heterocycles. The molecule has 0 fully saturated rings. The molecule has 116 valence electrons. The molecule has 2 N–H and O–H groups in total. The van der Waals surface area contributed by atoms with E-state index < -0.39 is 5.97 Å². The van der Waals surface area contributed by atoms with Crippen LogP contribution in [0.2, 0.25) is 0 Å². The third-order valence-electron chi connectivity index (χ3n) is 3.43. The summed E-state index contributed by atoms with van der Waals surface area (Å²) in [6.07, 6.45) is 1.54. The van der Waals surface area contributed by atoms with Gasteiger partial charge in [0.05, 0.1) is 24.6 Å². The first kappa shape index (κ1) is 14.7. The number of rotatable bonds is 3. The Hall–Kier alpha value is -3.22. The molecule has 3 aromatic rings. The molecule has 3 rings (SSSR count). The number of aromatic nitrogens is 3. The minimum atomic E-state index is -0.443. The first-order valence-electron chi connectivity index (χ1n) is 6.89. The summed E-state index contributed by atoms with van der Waals surface area (Å²) in [6.45, 7) is 1.88. The van der Waals surface area contributed by atoms with E-state index in [1.807, 2.05) is 13.0 Å². The fraction of sp³-hybridized carbons (Fsp3) is 0.125. The SMILES string of the molecule is COC(=O)c1ccc(C(=O)Nc2cnc3n[nH]c(C)c3c2)cc1. The van der Waals surface area contributed by atoms with Gasteiger partial charge in [-0.15, -0.1) is 0 Å². The number of aryl methyl sites for hydroxylation is 1. The summed E-state index contributed by atoms with van der Waals surface area (Å²) < 4.78 is 4.62. The number of ether oxygens (including phenoxy) is 1. The zero-order valence-corrected chi connectivity index (χ0v) is 12.6. The lowest BCUT2D eigenvalue weighted by Crippen LogP contribution is -2.12. The summed E-state index contributed by atoms with van der Waals surface area (Å²) in [7, 11) is 1.31. The molecule has 0 saturated carbocycles. The Kier molecular flexibility index (Phi) is 3.76. The molecule has 2 aromatic heterocycles. The Morgan fingerprint density at radius 2 is 1.87 bits per heavy atom. The second-order valence-electron chi connectivity index (χ2n) is 4.97. The van der Waals surface area contributed by atoms with Crippen molar-refractivity contribution in [2.75, 3.05) is 12.4 Å². The maximum atomic E-state index is 12.2. The van der Waals surface area contributed by atoms with Crippen LogP contribution in [0, 0.1) is 6.92 Å². The van der Waals surface area contributed by atoms with Gasteiger partial charge < -0.3 is 10.1 Å². The number of benzene rings is 1. The smallest absolute Gasteiger partial charge is 0.337 e. The number of hydrogen-bond acceptors (Lipinski definition) is 5. The van der Waals surface area contributed by atoms with Crippen molar-refractivity contribution in [3.8, 4) is 0 Å². The van der Waals surface area contributed by atoms with Gasteiger partial charge in [-0.25, -0.2) is 9.78 Å². The predicted molar refractivity (Wildman–Crippen MR) is 84.4 cm³/mol. The Labute approximate surface area is 131 Å². The molecule has 1 amide bonds. The van der Waals surface area contributed by atoms with Gasteiger partial charge in [0.25, 0.3) is 5.91 Å². The lowest BCUT2D eigenvalue weighted by atomic mass is 10.1. The summed E-state index contributed by atoms with van der Waals surface area (Å²) in [4.78, 5) is 27.8. The van der Waals surface area contributed by atoms with Crippen LogP contribution in [0.5, 0.6) is 0 Å². The number of nitrogens with zero attached hydrogens (tertiary/aromatic N) is 2. The standard InChI is InChI=1S/C16H14N4O3/c1-9-13-7-12(8-17-14(13)20-19-9)18-15(21)10-3-5-11(6-4-10)16(22)23-2/h3-8H,1-2H3,(H,18,21)(H,17,19,20). The van der Waals surface area contributed by atoms with Gasteiger partial charge in [0, 0.05) is 16.6 Å². The number of anilines is 1. The molecule has 1 aromatic carbocycles. The molecule has 0 spiro atoms. The fourth-order valence-corrected chi connectivity index (χ4v) is 2.17. The second kappa shape index (κ2) is 5.88. The summed E-state index contributed by atoms with van der Waals surface area (Å²) in [5.41, 5.74) is 2.88. The van der Waals surface area contributed by atoms with Crippen molar-refractivity contribution in [3.63, 3.8) is 0 Å². The molecular formula is C16H14N4O3. The summed E-state index contributed by atoms with van der Waals surface area (Å²) in [5.74, 6) is -0.731. The Morgan fingerprint density at radius 3 is 2.57 bits per heavy atom. The van der Waals surface area contributed by atoms with Crippen LogP contribution in [-0.4, -0.2) is 34.2 Å². The molecule has 23 heavy (non-hydrogen) atoms. The zero-order valence-electron chi connectivity index (χ0n) is 12.6. The molecule has 7 nitrogen and oxygen atoms in total. The number of methoxy groups -OCH3 is 1. The minimum absolute atomic E-state index is 0.288. The normalized spacial score (nSPS) is 10.5. The molecule has 0 aliphatic carbocycles. The van der Waals surface area contributed by atoms with Crippen molar-refractivity contribution in [2.45, 2.75) is 6.92 Å². The van der Waals surface area contributed by atoms with Crippen LogP contribution >= 0.6 is 0 Å². The molecule has 0 aliphatic rings. The molecular weight excluding hydrogens is 296 g/mol. The van der Waals surface area contributed by atoms with Crippen LogP contribution in [0.25, 0.3) is 11.0 Å². The van der Waals surface area contributed by atoms with Gasteiger partial charge in [-0.05, 0) is 37.3 Å². The number of hydrogen-bond donors (Lipinski definition) is 2. The number of carbonyl (C=O) groups is 2. The quantitative estimate of drug-likeness (QED) is 0.723. The van der Waals surface area contributed by atoms with Crippen LogP contribution < -0.4 is 5.32 Å². The number of H-pyrrole nitrogens is 1. The monoisotopic (exact) mass is 310 g/mol. The van der Waals surface area contributed by atoms with Gasteiger partial charge in [-0.1, -0.05) is 0 Å². The van der Waals surface area contributed by atoms with E-state index in [1.165, 1.54) is 7.11 Å². The average Bonchev–Trinajstić information content (AvgIpc) is 2.95. The first-order valence-corrected chi connectivity index (χ1v) is 6.89. The van der Waals surface area contributed by atoms with Crippen molar-refractivity contribution in [1.29, 1.82) is 0 Å². The summed E-state index contributed by atoms with van der Waals surface area (Å²) in [5, 5.41) is 10.5.